The van der Waals surface area contributed by atoms with Gasteiger partial charge in [-0.2, -0.15) is 4.31 Å². The van der Waals surface area contributed by atoms with Crippen LogP contribution >= 0.6 is 0 Å². The van der Waals surface area contributed by atoms with Crippen molar-refractivity contribution < 1.29 is 22.7 Å². The summed E-state index contributed by atoms with van der Waals surface area (Å²) in [6.07, 6.45) is 1.62. The monoisotopic (exact) mass is 261 g/mol. The van der Waals surface area contributed by atoms with E-state index in [4.69, 9.17) is 9.15 Å². The van der Waals surface area contributed by atoms with Crippen molar-refractivity contribution >= 4 is 10.0 Å². The molecule has 1 aromatic rings. The number of nitrogens with zero attached hydrogens (tertiary/aromatic N) is 1. The Labute approximate surface area is 99.8 Å². The minimum Gasteiger partial charge on any atom is -0.452 e. The van der Waals surface area contributed by atoms with Crippen LogP contribution in [-0.2, 0) is 14.8 Å². The first kappa shape index (κ1) is 12.6. The minimum atomic E-state index is -3.67. The first-order valence-corrected chi connectivity index (χ1v) is 6.72. The Morgan fingerprint density at radius 1 is 1.65 bits per heavy atom. The number of hydrogen-bond acceptors (Lipinski definition) is 5. The quantitative estimate of drug-likeness (QED) is 0.828. The van der Waals surface area contributed by atoms with Crippen LogP contribution in [0.25, 0.3) is 0 Å². The number of aliphatic hydroxyl groups excluding tert-OH is 1. The Hall–Kier alpha value is -0.890. The average Bonchev–Trinajstić information content (AvgIpc) is 2.98. The number of sulfonamides is 1. The predicted octanol–water partition coefficient (Wildman–Crippen LogP) is 0.0499. The highest BCUT2D eigenvalue weighted by Gasteiger charge is 2.41. The van der Waals surface area contributed by atoms with E-state index < -0.39 is 16.1 Å². The van der Waals surface area contributed by atoms with Gasteiger partial charge in [-0.3, -0.25) is 0 Å². The molecule has 17 heavy (non-hydrogen) atoms. The van der Waals surface area contributed by atoms with Gasteiger partial charge in [-0.15, -0.1) is 0 Å². The maximum absolute atomic E-state index is 12.2. The van der Waals surface area contributed by atoms with Crippen LogP contribution in [0.3, 0.4) is 0 Å². The lowest BCUT2D eigenvalue weighted by Crippen LogP contribution is -2.37. The Morgan fingerprint density at radius 2 is 2.41 bits per heavy atom. The molecule has 1 aromatic heterocycles. The van der Waals surface area contributed by atoms with Crippen LogP contribution in [0.4, 0.5) is 0 Å². The smallest absolute Gasteiger partial charge is 0.276 e. The predicted molar refractivity (Wildman–Crippen MR) is 58.9 cm³/mol. The van der Waals surface area contributed by atoms with E-state index in [9.17, 15) is 13.5 Å². The lowest BCUT2D eigenvalue weighted by atomic mass is 10.2. The minimum absolute atomic E-state index is 0.104. The van der Waals surface area contributed by atoms with E-state index >= 15 is 0 Å². The van der Waals surface area contributed by atoms with Crippen LogP contribution in [0.5, 0.6) is 0 Å². The van der Waals surface area contributed by atoms with Crippen molar-refractivity contribution in [3.05, 3.63) is 18.4 Å². The Balaban J connectivity index is 2.27. The fraction of sp³-hybridized carbons (Fsp3) is 0.600. The molecule has 1 N–H and O–H groups in total. The first-order valence-electron chi connectivity index (χ1n) is 5.28. The number of methoxy groups -OCH3 is 1. The van der Waals surface area contributed by atoms with Crippen LogP contribution in [-0.4, -0.2) is 50.2 Å². The van der Waals surface area contributed by atoms with E-state index in [0.717, 1.165) is 0 Å². The Bertz CT molecular complexity index is 455. The lowest BCUT2D eigenvalue weighted by molar-refractivity contribution is 0.113. The number of furan rings is 1. The molecular formula is C10H15NO5S. The summed E-state index contributed by atoms with van der Waals surface area (Å²) in [4.78, 5) is 0. The van der Waals surface area contributed by atoms with Crippen molar-refractivity contribution in [2.24, 2.45) is 0 Å². The number of rotatable bonds is 4. The fourth-order valence-corrected chi connectivity index (χ4v) is 3.57. The number of ether oxygens (including phenoxy) is 1. The molecule has 1 saturated heterocycles. The highest BCUT2D eigenvalue weighted by molar-refractivity contribution is 7.89. The summed E-state index contributed by atoms with van der Waals surface area (Å²) < 4.78 is 35.7. The van der Waals surface area contributed by atoms with E-state index in [1.165, 1.54) is 29.8 Å². The molecule has 0 amide bonds. The average molecular weight is 261 g/mol. The van der Waals surface area contributed by atoms with Gasteiger partial charge in [-0.05, 0) is 18.6 Å². The molecule has 2 rings (SSSR count). The zero-order chi connectivity index (χ0) is 12.5. The highest BCUT2D eigenvalue weighted by atomic mass is 32.2. The van der Waals surface area contributed by atoms with Gasteiger partial charge in [0.1, 0.15) is 0 Å². The molecule has 1 aliphatic rings. The molecule has 6 nitrogen and oxygen atoms in total. The Morgan fingerprint density at radius 3 is 2.94 bits per heavy atom. The molecule has 0 unspecified atom stereocenters. The van der Waals surface area contributed by atoms with Crippen LogP contribution < -0.4 is 0 Å². The molecule has 0 saturated carbocycles. The molecule has 0 spiro atoms. The van der Waals surface area contributed by atoms with Gasteiger partial charge >= 0.3 is 0 Å². The molecule has 1 aliphatic heterocycles. The normalized spacial score (nSPS) is 26.5. The van der Waals surface area contributed by atoms with Crippen molar-refractivity contribution in [2.45, 2.75) is 23.7 Å². The second-order valence-corrected chi connectivity index (χ2v) is 5.76. The summed E-state index contributed by atoms with van der Waals surface area (Å²) in [6, 6.07) is 2.46. The van der Waals surface area contributed by atoms with Gasteiger partial charge in [-0.25, -0.2) is 8.42 Å². The second-order valence-electron chi connectivity index (χ2n) is 3.94. The summed E-state index contributed by atoms with van der Waals surface area (Å²) in [5.74, 6) is 0. The van der Waals surface area contributed by atoms with Gasteiger partial charge in [0, 0.05) is 13.7 Å². The molecular weight excluding hydrogens is 246 g/mol. The second kappa shape index (κ2) is 4.77. The van der Waals surface area contributed by atoms with Crippen molar-refractivity contribution in [3.8, 4) is 0 Å². The van der Waals surface area contributed by atoms with E-state index in [1.807, 2.05) is 0 Å². The van der Waals surface area contributed by atoms with Crippen LogP contribution in [0.15, 0.2) is 27.9 Å². The summed E-state index contributed by atoms with van der Waals surface area (Å²) in [6.45, 7) is 0.0184. The van der Waals surface area contributed by atoms with Crippen molar-refractivity contribution in [1.29, 1.82) is 0 Å². The molecule has 0 aliphatic carbocycles. The molecule has 1 fully saturated rings. The third kappa shape index (κ3) is 2.23. The molecule has 0 radical (unpaired) electrons. The SMILES string of the molecule is CO[C@@H]1C[C@@H](CO)N(S(=O)(=O)c2ccco2)C1. The van der Waals surface area contributed by atoms with E-state index in [1.54, 1.807) is 0 Å². The molecule has 0 aromatic carbocycles. The maximum Gasteiger partial charge on any atom is 0.276 e. The third-order valence-electron chi connectivity index (χ3n) is 2.93. The van der Waals surface area contributed by atoms with E-state index in [2.05, 4.69) is 0 Å². The van der Waals surface area contributed by atoms with Crippen LogP contribution in [0.2, 0.25) is 0 Å². The number of hydrogen-bond donors (Lipinski definition) is 1. The van der Waals surface area contributed by atoms with Crippen LogP contribution in [0, 0.1) is 0 Å². The van der Waals surface area contributed by atoms with Gasteiger partial charge < -0.3 is 14.3 Å². The van der Waals surface area contributed by atoms with Gasteiger partial charge in [0.15, 0.2) is 0 Å². The van der Waals surface area contributed by atoms with Crippen LogP contribution in [0.1, 0.15) is 6.42 Å². The molecule has 2 atom stereocenters. The summed E-state index contributed by atoms with van der Waals surface area (Å²) in [5, 5.41) is 9.11. The first-order chi connectivity index (χ1) is 8.09. The van der Waals surface area contributed by atoms with Crippen molar-refractivity contribution in [1.82, 2.24) is 4.31 Å². The summed E-state index contributed by atoms with van der Waals surface area (Å²) in [5.41, 5.74) is 0. The zero-order valence-electron chi connectivity index (χ0n) is 9.44. The topological polar surface area (TPSA) is 80.0 Å². The van der Waals surface area contributed by atoms with Crippen molar-refractivity contribution in [2.75, 3.05) is 20.3 Å². The van der Waals surface area contributed by atoms with Gasteiger partial charge in [0.25, 0.3) is 10.0 Å². The van der Waals surface area contributed by atoms with E-state index in [-0.39, 0.29) is 24.3 Å². The number of aliphatic hydroxyl groups is 1. The standard InChI is InChI=1S/C10H15NO5S/c1-15-9-5-8(7-12)11(6-9)17(13,14)10-3-2-4-16-10/h2-4,8-9,12H,5-7H2,1H3/t8-,9+/m0/s1. The molecule has 0 bridgehead atoms. The maximum atomic E-state index is 12.2. The summed E-state index contributed by atoms with van der Waals surface area (Å²) in [7, 11) is -2.14. The zero-order valence-corrected chi connectivity index (χ0v) is 10.3. The largest absolute Gasteiger partial charge is 0.452 e. The third-order valence-corrected chi connectivity index (χ3v) is 4.73. The highest BCUT2D eigenvalue weighted by Crippen LogP contribution is 2.27. The van der Waals surface area contributed by atoms with Gasteiger partial charge in [-0.1, -0.05) is 0 Å². The van der Waals surface area contributed by atoms with Gasteiger partial charge in [0.2, 0.25) is 5.09 Å². The fourth-order valence-electron chi connectivity index (χ4n) is 2.00. The Kier molecular flexibility index (Phi) is 3.53. The molecule has 7 heteroatoms. The van der Waals surface area contributed by atoms with Gasteiger partial charge in [0.05, 0.1) is 25.0 Å². The summed E-state index contributed by atoms with van der Waals surface area (Å²) >= 11 is 0. The van der Waals surface area contributed by atoms with E-state index in [0.29, 0.717) is 6.42 Å². The molecule has 2 heterocycles. The lowest BCUT2D eigenvalue weighted by Gasteiger charge is -2.20. The molecule has 96 valence electrons. The van der Waals surface area contributed by atoms with Crippen molar-refractivity contribution in [3.63, 3.8) is 0 Å².